The van der Waals surface area contributed by atoms with Gasteiger partial charge in [-0.25, -0.2) is 4.79 Å². The lowest BCUT2D eigenvalue weighted by atomic mass is 9.82. The second-order valence-corrected chi connectivity index (χ2v) is 4.82. The summed E-state index contributed by atoms with van der Waals surface area (Å²) in [6.45, 7) is 0. The SMILES string of the molecule is COC(=O)[C@@]1(N)CCC=C[C@@H]1NC(=O)c1ccccc1. The number of allylic oxidation sites excluding steroid dienone is 1. The van der Waals surface area contributed by atoms with E-state index in [-0.39, 0.29) is 5.91 Å². The lowest BCUT2D eigenvalue weighted by Crippen LogP contribution is -2.63. The first-order chi connectivity index (χ1) is 9.58. The van der Waals surface area contributed by atoms with Crippen LogP contribution in [0.1, 0.15) is 23.2 Å². The van der Waals surface area contributed by atoms with Gasteiger partial charge in [0, 0.05) is 5.56 Å². The predicted octanol–water partition coefficient (Wildman–Crippen LogP) is 1.01. The van der Waals surface area contributed by atoms with Crippen LogP contribution in [0, 0.1) is 0 Å². The number of ether oxygens (including phenoxy) is 1. The molecule has 0 heterocycles. The zero-order chi connectivity index (χ0) is 14.6. The molecule has 106 valence electrons. The second-order valence-electron chi connectivity index (χ2n) is 4.82. The molecule has 0 unspecified atom stereocenters. The van der Waals surface area contributed by atoms with E-state index in [9.17, 15) is 9.59 Å². The summed E-state index contributed by atoms with van der Waals surface area (Å²) >= 11 is 0. The summed E-state index contributed by atoms with van der Waals surface area (Å²) < 4.78 is 4.76. The number of esters is 1. The number of carbonyl (C=O) groups is 2. The van der Waals surface area contributed by atoms with Crippen molar-refractivity contribution >= 4 is 11.9 Å². The van der Waals surface area contributed by atoms with E-state index in [0.29, 0.717) is 18.4 Å². The second kappa shape index (κ2) is 5.88. The van der Waals surface area contributed by atoms with Crippen molar-refractivity contribution in [3.8, 4) is 0 Å². The highest BCUT2D eigenvalue weighted by molar-refractivity contribution is 5.95. The number of methoxy groups -OCH3 is 1. The number of hydrogen-bond acceptors (Lipinski definition) is 4. The first-order valence-corrected chi connectivity index (χ1v) is 6.48. The van der Waals surface area contributed by atoms with E-state index in [1.165, 1.54) is 7.11 Å². The molecule has 0 saturated heterocycles. The van der Waals surface area contributed by atoms with E-state index in [0.717, 1.165) is 0 Å². The molecule has 1 aromatic rings. The number of hydrogen-bond donors (Lipinski definition) is 2. The Labute approximate surface area is 117 Å². The minimum absolute atomic E-state index is 0.263. The molecule has 0 aliphatic heterocycles. The summed E-state index contributed by atoms with van der Waals surface area (Å²) in [5, 5.41) is 2.79. The van der Waals surface area contributed by atoms with Gasteiger partial charge in [-0.2, -0.15) is 0 Å². The van der Waals surface area contributed by atoms with Gasteiger partial charge in [0.2, 0.25) is 0 Å². The van der Waals surface area contributed by atoms with Crippen LogP contribution in [0.4, 0.5) is 0 Å². The summed E-state index contributed by atoms with van der Waals surface area (Å²) in [5.74, 6) is -0.777. The van der Waals surface area contributed by atoms with Crippen LogP contribution in [-0.4, -0.2) is 30.6 Å². The fraction of sp³-hybridized carbons (Fsp3) is 0.333. The third-order valence-electron chi connectivity index (χ3n) is 3.50. The van der Waals surface area contributed by atoms with Crippen LogP contribution in [0.15, 0.2) is 42.5 Å². The van der Waals surface area contributed by atoms with Gasteiger partial charge in [-0.05, 0) is 25.0 Å². The smallest absolute Gasteiger partial charge is 0.328 e. The van der Waals surface area contributed by atoms with Crippen molar-refractivity contribution in [2.75, 3.05) is 7.11 Å². The fourth-order valence-corrected chi connectivity index (χ4v) is 2.29. The average molecular weight is 274 g/mol. The van der Waals surface area contributed by atoms with Crippen LogP contribution < -0.4 is 11.1 Å². The van der Waals surface area contributed by atoms with E-state index < -0.39 is 17.6 Å². The van der Waals surface area contributed by atoms with Crippen LogP contribution in [0.25, 0.3) is 0 Å². The molecule has 3 N–H and O–H groups in total. The number of benzene rings is 1. The number of rotatable bonds is 3. The van der Waals surface area contributed by atoms with Gasteiger partial charge in [-0.1, -0.05) is 30.4 Å². The number of carbonyl (C=O) groups excluding carboxylic acids is 2. The van der Waals surface area contributed by atoms with Crippen LogP contribution in [0.3, 0.4) is 0 Å². The summed E-state index contributed by atoms with van der Waals surface area (Å²) in [4.78, 5) is 24.0. The zero-order valence-corrected chi connectivity index (χ0v) is 11.3. The lowest BCUT2D eigenvalue weighted by molar-refractivity contribution is -0.148. The zero-order valence-electron chi connectivity index (χ0n) is 11.3. The van der Waals surface area contributed by atoms with E-state index in [4.69, 9.17) is 10.5 Å². The van der Waals surface area contributed by atoms with Crippen molar-refractivity contribution in [2.24, 2.45) is 5.73 Å². The van der Waals surface area contributed by atoms with Gasteiger partial charge >= 0.3 is 5.97 Å². The molecule has 1 aliphatic rings. The maximum absolute atomic E-state index is 12.2. The third kappa shape index (κ3) is 2.72. The van der Waals surface area contributed by atoms with Gasteiger partial charge < -0.3 is 15.8 Å². The molecule has 5 heteroatoms. The van der Waals surface area contributed by atoms with E-state index in [2.05, 4.69) is 5.32 Å². The van der Waals surface area contributed by atoms with Crippen molar-refractivity contribution in [1.29, 1.82) is 0 Å². The summed E-state index contributed by atoms with van der Waals surface area (Å²) in [7, 11) is 1.30. The highest BCUT2D eigenvalue weighted by Gasteiger charge is 2.43. The Morgan fingerprint density at radius 3 is 2.70 bits per heavy atom. The normalized spacial score (nSPS) is 25.0. The Bertz CT molecular complexity index is 527. The Balaban J connectivity index is 2.18. The monoisotopic (exact) mass is 274 g/mol. The van der Waals surface area contributed by atoms with Crippen molar-refractivity contribution in [3.63, 3.8) is 0 Å². The average Bonchev–Trinajstić information content (AvgIpc) is 2.49. The largest absolute Gasteiger partial charge is 0.468 e. The van der Waals surface area contributed by atoms with Gasteiger partial charge in [-0.15, -0.1) is 0 Å². The minimum Gasteiger partial charge on any atom is -0.468 e. The molecule has 1 amide bonds. The molecule has 20 heavy (non-hydrogen) atoms. The Morgan fingerprint density at radius 2 is 2.05 bits per heavy atom. The first kappa shape index (κ1) is 14.3. The molecule has 0 aromatic heterocycles. The molecule has 0 radical (unpaired) electrons. The molecule has 0 spiro atoms. The van der Waals surface area contributed by atoms with Gasteiger partial charge in [0.05, 0.1) is 13.2 Å². The van der Waals surface area contributed by atoms with Crippen molar-refractivity contribution < 1.29 is 14.3 Å². The van der Waals surface area contributed by atoms with Crippen LogP contribution in [-0.2, 0) is 9.53 Å². The molecular weight excluding hydrogens is 256 g/mol. The van der Waals surface area contributed by atoms with Crippen molar-refractivity contribution in [3.05, 3.63) is 48.0 Å². The molecule has 1 aromatic carbocycles. The van der Waals surface area contributed by atoms with Gasteiger partial charge in [0.1, 0.15) is 5.54 Å². The lowest BCUT2D eigenvalue weighted by Gasteiger charge is -2.35. The van der Waals surface area contributed by atoms with Crippen LogP contribution in [0.2, 0.25) is 0 Å². The topological polar surface area (TPSA) is 81.4 Å². The molecule has 2 rings (SSSR count). The fourth-order valence-electron chi connectivity index (χ4n) is 2.29. The van der Waals surface area contributed by atoms with E-state index >= 15 is 0 Å². The summed E-state index contributed by atoms with van der Waals surface area (Å²) in [6, 6.07) is 8.23. The highest BCUT2D eigenvalue weighted by atomic mass is 16.5. The van der Waals surface area contributed by atoms with Gasteiger partial charge in [-0.3, -0.25) is 4.79 Å². The molecule has 0 saturated carbocycles. The van der Waals surface area contributed by atoms with Crippen molar-refractivity contribution in [2.45, 2.75) is 24.4 Å². The third-order valence-corrected chi connectivity index (χ3v) is 3.50. The van der Waals surface area contributed by atoms with Crippen LogP contribution >= 0.6 is 0 Å². The first-order valence-electron chi connectivity index (χ1n) is 6.48. The number of amides is 1. The van der Waals surface area contributed by atoms with E-state index in [1.807, 2.05) is 12.1 Å². The standard InChI is InChI=1S/C15H18N2O3/c1-20-14(19)15(16)10-6-5-9-12(15)17-13(18)11-7-3-2-4-8-11/h2-5,7-9,12H,6,10,16H2,1H3,(H,17,18)/t12-,15+/m0/s1. The Morgan fingerprint density at radius 1 is 1.35 bits per heavy atom. The molecule has 5 nitrogen and oxygen atoms in total. The van der Waals surface area contributed by atoms with E-state index in [1.54, 1.807) is 30.3 Å². The van der Waals surface area contributed by atoms with Crippen molar-refractivity contribution in [1.82, 2.24) is 5.32 Å². The molecule has 0 fully saturated rings. The highest BCUT2D eigenvalue weighted by Crippen LogP contribution is 2.23. The van der Waals surface area contributed by atoms with Gasteiger partial charge in [0.15, 0.2) is 0 Å². The molecule has 2 atom stereocenters. The molecular formula is C15H18N2O3. The number of nitrogens with two attached hydrogens (primary N) is 1. The minimum atomic E-state index is -1.21. The molecule has 0 bridgehead atoms. The predicted molar refractivity (Wildman–Crippen MR) is 75.0 cm³/mol. The maximum atomic E-state index is 12.2. The Kier molecular flexibility index (Phi) is 4.20. The quantitative estimate of drug-likeness (QED) is 0.636. The number of nitrogens with one attached hydrogen (secondary N) is 1. The van der Waals surface area contributed by atoms with Crippen LogP contribution in [0.5, 0.6) is 0 Å². The summed E-state index contributed by atoms with van der Waals surface area (Å²) in [5.41, 5.74) is 5.46. The maximum Gasteiger partial charge on any atom is 0.328 e. The Hall–Kier alpha value is -2.14. The van der Waals surface area contributed by atoms with Gasteiger partial charge in [0.25, 0.3) is 5.91 Å². The molecule has 1 aliphatic carbocycles. The summed E-state index contributed by atoms with van der Waals surface area (Å²) in [6.07, 6.45) is 4.78.